The molecule has 0 radical (unpaired) electrons. The number of nitrogens with one attached hydrogen (secondary N) is 1. The quantitative estimate of drug-likeness (QED) is 0.581. The Balaban J connectivity index is 1.79. The maximum Gasteiger partial charge on any atom is 0.188 e. The van der Waals surface area contributed by atoms with E-state index < -0.39 is 0 Å². The largest absolute Gasteiger partial charge is 0.331 e. The summed E-state index contributed by atoms with van der Waals surface area (Å²) < 4.78 is 14.1. The predicted octanol–water partition coefficient (Wildman–Crippen LogP) is 4.73. The van der Waals surface area contributed by atoms with Gasteiger partial charge in [0.25, 0.3) is 0 Å². The maximum absolute atomic E-state index is 13.2. The summed E-state index contributed by atoms with van der Waals surface area (Å²) in [6.07, 6.45) is 3.59. The molecule has 21 heavy (non-hydrogen) atoms. The minimum atomic E-state index is -0.243. The molecule has 4 aromatic rings. The second-order valence-corrected chi connectivity index (χ2v) is 5.69. The molecule has 0 spiro atoms. The number of aromatic nitrogens is 2. The van der Waals surface area contributed by atoms with Gasteiger partial charge in [0.15, 0.2) is 5.13 Å². The van der Waals surface area contributed by atoms with Crippen molar-refractivity contribution < 1.29 is 4.39 Å². The molecular formula is C16H10FN3S. The van der Waals surface area contributed by atoms with Gasteiger partial charge in [0.2, 0.25) is 0 Å². The Bertz CT molecular complexity index is 943. The number of nitrogens with zero attached hydrogens (tertiary/aromatic N) is 2. The van der Waals surface area contributed by atoms with Crippen molar-refractivity contribution >= 4 is 43.1 Å². The molecule has 0 saturated heterocycles. The van der Waals surface area contributed by atoms with E-state index in [-0.39, 0.29) is 5.82 Å². The molecule has 0 saturated carbocycles. The van der Waals surface area contributed by atoms with Crippen LogP contribution in [0.5, 0.6) is 0 Å². The number of rotatable bonds is 2. The minimum absolute atomic E-state index is 0.243. The van der Waals surface area contributed by atoms with Gasteiger partial charge in [-0.2, -0.15) is 0 Å². The summed E-state index contributed by atoms with van der Waals surface area (Å²) in [5.74, 6) is -0.243. The van der Waals surface area contributed by atoms with Crippen molar-refractivity contribution in [1.29, 1.82) is 0 Å². The van der Waals surface area contributed by atoms with Crippen LogP contribution < -0.4 is 5.32 Å². The molecule has 102 valence electrons. The normalized spacial score (nSPS) is 11.1. The first-order valence-corrected chi connectivity index (χ1v) is 7.27. The lowest BCUT2D eigenvalue weighted by Gasteiger charge is -2.06. The average Bonchev–Trinajstić information content (AvgIpc) is 2.89. The van der Waals surface area contributed by atoms with Gasteiger partial charge in [-0.15, -0.1) is 0 Å². The van der Waals surface area contributed by atoms with Gasteiger partial charge in [0, 0.05) is 23.5 Å². The highest BCUT2D eigenvalue weighted by Gasteiger charge is 2.07. The van der Waals surface area contributed by atoms with E-state index in [1.807, 2.05) is 30.5 Å². The van der Waals surface area contributed by atoms with E-state index in [2.05, 4.69) is 15.3 Å². The third kappa shape index (κ3) is 2.21. The summed E-state index contributed by atoms with van der Waals surface area (Å²) in [5.41, 5.74) is 1.74. The van der Waals surface area contributed by atoms with Crippen molar-refractivity contribution in [3.8, 4) is 0 Å². The highest BCUT2D eigenvalue weighted by molar-refractivity contribution is 7.22. The van der Waals surface area contributed by atoms with E-state index in [0.717, 1.165) is 31.8 Å². The van der Waals surface area contributed by atoms with Crippen LogP contribution in [0.15, 0.2) is 54.9 Å². The first-order chi connectivity index (χ1) is 10.3. The third-order valence-corrected chi connectivity index (χ3v) is 4.21. The van der Waals surface area contributed by atoms with E-state index in [9.17, 15) is 4.39 Å². The second-order valence-electron chi connectivity index (χ2n) is 4.66. The lowest BCUT2D eigenvalue weighted by molar-refractivity contribution is 0.630. The Morgan fingerprint density at radius 2 is 2.05 bits per heavy atom. The van der Waals surface area contributed by atoms with Crippen molar-refractivity contribution in [2.45, 2.75) is 0 Å². The number of benzene rings is 2. The van der Waals surface area contributed by atoms with Gasteiger partial charge in [-0.3, -0.25) is 4.98 Å². The van der Waals surface area contributed by atoms with Gasteiger partial charge in [-0.25, -0.2) is 9.37 Å². The molecule has 4 rings (SSSR count). The van der Waals surface area contributed by atoms with Crippen LogP contribution in [0.1, 0.15) is 0 Å². The van der Waals surface area contributed by atoms with Crippen LogP contribution in [0.2, 0.25) is 0 Å². The molecule has 1 N–H and O–H groups in total. The molecule has 5 heteroatoms. The van der Waals surface area contributed by atoms with Crippen LogP contribution in [-0.2, 0) is 0 Å². The van der Waals surface area contributed by atoms with Gasteiger partial charge in [-0.1, -0.05) is 23.5 Å². The molecule has 0 aliphatic rings. The molecule has 2 heterocycles. The molecule has 0 unspecified atom stereocenters. The summed E-state index contributed by atoms with van der Waals surface area (Å²) in [5, 5.41) is 6.19. The fourth-order valence-electron chi connectivity index (χ4n) is 2.29. The van der Waals surface area contributed by atoms with Crippen molar-refractivity contribution in [3.63, 3.8) is 0 Å². The lowest BCUT2D eigenvalue weighted by atomic mass is 10.1. The molecule has 0 fully saturated rings. The van der Waals surface area contributed by atoms with Gasteiger partial charge < -0.3 is 5.32 Å². The van der Waals surface area contributed by atoms with Gasteiger partial charge in [0.05, 0.1) is 10.2 Å². The highest BCUT2D eigenvalue weighted by atomic mass is 32.1. The van der Waals surface area contributed by atoms with Crippen LogP contribution in [-0.4, -0.2) is 9.97 Å². The van der Waals surface area contributed by atoms with Crippen LogP contribution in [0.3, 0.4) is 0 Å². The molecule has 0 atom stereocenters. The zero-order valence-corrected chi connectivity index (χ0v) is 11.7. The number of hydrogen-bond donors (Lipinski definition) is 1. The molecule has 0 amide bonds. The van der Waals surface area contributed by atoms with Crippen LogP contribution in [0.4, 0.5) is 15.2 Å². The Hall–Kier alpha value is -2.53. The van der Waals surface area contributed by atoms with Crippen molar-refractivity contribution in [2.75, 3.05) is 5.32 Å². The number of thiazole rings is 1. The molecular weight excluding hydrogens is 285 g/mol. The monoisotopic (exact) mass is 295 g/mol. The van der Waals surface area contributed by atoms with Crippen LogP contribution in [0, 0.1) is 5.82 Å². The predicted molar refractivity (Wildman–Crippen MR) is 84.6 cm³/mol. The number of pyridine rings is 1. The smallest absolute Gasteiger partial charge is 0.188 e. The first-order valence-electron chi connectivity index (χ1n) is 6.45. The fraction of sp³-hybridized carbons (Fsp3) is 0. The summed E-state index contributed by atoms with van der Waals surface area (Å²) >= 11 is 1.43. The lowest BCUT2D eigenvalue weighted by Crippen LogP contribution is -1.90. The standard InChI is InChI=1S/C16H10FN3S/c17-11-4-5-14-15(8-11)21-16(20-14)19-13-3-1-2-10-6-7-18-9-12(10)13/h1-9H,(H,19,20). The Labute approximate surface area is 124 Å². The van der Waals surface area contributed by atoms with Crippen LogP contribution in [0.25, 0.3) is 21.0 Å². The van der Waals surface area contributed by atoms with Gasteiger partial charge in [0.1, 0.15) is 5.82 Å². The highest BCUT2D eigenvalue weighted by Crippen LogP contribution is 2.31. The van der Waals surface area contributed by atoms with E-state index >= 15 is 0 Å². The molecule has 2 aromatic carbocycles. The van der Waals surface area contributed by atoms with Crippen molar-refractivity contribution in [2.24, 2.45) is 0 Å². The molecule has 0 bridgehead atoms. The summed E-state index contributed by atoms with van der Waals surface area (Å²) in [7, 11) is 0. The van der Waals surface area contributed by atoms with E-state index in [4.69, 9.17) is 0 Å². The topological polar surface area (TPSA) is 37.8 Å². The number of fused-ring (bicyclic) bond motifs is 2. The minimum Gasteiger partial charge on any atom is -0.331 e. The van der Waals surface area contributed by atoms with Crippen molar-refractivity contribution in [1.82, 2.24) is 9.97 Å². The Morgan fingerprint density at radius 3 is 3.00 bits per heavy atom. The van der Waals surface area contributed by atoms with E-state index in [0.29, 0.717) is 0 Å². The summed E-state index contributed by atoms with van der Waals surface area (Å²) in [4.78, 5) is 8.64. The molecule has 0 aliphatic carbocycles. The third-order valence-electron chi connectivity index (χ3n) is 3.28. The molecule has 3 nitrogen and oxygen atoms in total. The van der Waals surface area contributed by atoms with Crippen molar-refractivity contribution in [3.05, 3.63) is 60.7 Å². The summed E-state index contributed by atoms with van der Waals surface area (Å²) in [6, 6.07) is 12.6. The van der Waals surface area contributed by atoms with Gasteiger partial charge in [-0.05, 0) is 35.7 Å². The number of hydrogen-bond acceptors (Lipinski definition) is 4. The number of anilines is 2. The number of halogens is 1. The Morgan fingerprint density at radius 1 is 1.10 bits per heavy atom. The molecule has 2 aromatic heterocycles. The fourth-order valence-corrected chi connectivity index (χ4v) is 3.19. The Kier molecular flexibility index (Phi) is 2.79. The average molecular weight is 295 g/mol. The van der Waals surface area contributed by atoms with E-state index in [1.165, 1.54) is 23.5 Å². The first kappa shape index (κ1) is 12.2. The molecule has 0 aliphatic heterocycles. The van der Waals surface area contributed by atoms with E-state index in [1.54, 1.807) is 12.3 Å². The second kappa shape index (κ2) is 4.79. The van der Waals surface area contributed by atoms with Crippen LogP contribution >= 0.6 is 11.3 Å². The summed E-state index contributed by atoms with van der Waals surface area (Å²) in [6.45, 7) is 0. The van der Waals surface area contributed by atoms with Gasteiger partial charge >= 0.3 is 0 Å². The maximum atomic E-state index is 13.2. The zero-order chi connectivity index (χ0) is 14.2. The SMILES string of the molecule is Fc1ccc2nc(Nc3cccc4ccncc34)sc2c1. The zero-order valence-electron chi connectivity index (χ0n) is 10.9.